The minimum atomic E-state index is -0.786. The van der Waals surface area contributed by atoms with Crippen LogP contribution in [0.3, 0.4) is 0 Å². The number of aromatic amines is 1. The van der Waals surface area contributed by atoms with Gasteiger partial charge in [-0.2, -0.15) is 0 Å². The molecule has 8 heteroatoms. The molecule has 0 unspecified atom stereocenters. The number of phenolic OH excluding ortho intramolecular Hbond substituents is 1. The number of hydrogen-bond acceptors (Lipinski definition) is 4. The highest BCUT2D eigenvalue weighted by molar-refractivity contribution is 6.31. The highest BCUT2D eigenvalue weighted by Gasteiger charge is 2.20. The lowest BCUT2D eigenvalue weighted by Gasteiger charge is -2.07. The van der Waals surface area contributed by atoms with E-state index in [1.807, 2.05) is 0 Å². The number of nitro benzene ring substituents is 1. The van der Waals surface area contributed by atoms with Crippen LogP contribution in [0.2, 0.25) is 5.02 Å². The number of phenols is 1. The second kappa shape index (κ2) is 4.99. The lowest BCUT2D eigenvalue weighted by atomic mass is 10.2. The molecular weight excluding hydrogens is 274 g/mol. The van der Waals surface area contributed by atoms with Gasteiger partial charge in [0.25, 0.3) is 5.91 Å². The van der Waals surface area contributed by atoms with Crippen LogP contribution in [0.15, 0.2) is 30.5 Å². The molecule has 3 N–H and O–H groups in total. The Hall–Kier alpha value is -2.54. The second-order valence-electron chi connectivity index (χ2n) is 3.62. The zero-order chi connectivity index (χ0) is 14.0. The second-order valence-corrected chi connectivity index (χ2v) is 4.05. The van der Waals surface area contributed by atoms with Gasteiger partial charge in [0, 0.05) is 17.3 Å². The van der Waals surface area contributed by atoms with Crippen molar-refractivity contribution in [2.45, 2.75) is 0 Å². The van der Waals surface area contributed by atoms with Gasteiger partial charge in [0.1, 0.15) is 5.69 Å². The summed E-state index contributed by atoms with van der Waals surface area (Å²) in [5.74, 6) is -1.19. The molecule has 1 heterocycles. The van der Waals surface area contributed by atoms with Crippen molar-refractivity contribution < 1.29 is 14.8 Å². The van der Waals surface area contributed by atoms with Crippen LogP contribution < -0.4 is 5.32 Å². The fraction of sp³-hybridized carbons (Fsp3) is 0. The van der Waals surface area contributed by atoms with Crippen molar-refractivity contribution in [3.8, 4) is 5.75 Å². The van der Waals surface area contributed by atoms with Crippen LogP contribution in [-0.2, 0) is 0 Å². The van der Waals surface area contributed by atoms with E-state index in [0.29, 0.717) is 0 Å². The first-order valence-electron chi connectivity index (χ1n) is 5.10. The number of anilines is 1. The number of hydrogen-bond donors (Lipinski definition) is 3. The van der Waals surface area contributed by atoms with E-state index >= 15 is 0 Å². The van der Waals surface area contributed by atoms with E-state index < -0.39 is 22.3 Å². The SMILES string of the molecule is O=C(Nc1cc(Cl)cc([N+](=O)[O-])c1O)c1ccc[nH]1. The number of halogens is 1. The molecule has 7 nitrogen and oxygen atoms in total. The predicted octanol–water partition coefficient (Wildman–Crippen LogP) is 2.53. The number of benzene rings is 1. The van der Waals surface area contributed by atoms with Gasteiger partial charge in [0.15, 0.2) is 0 Å². The van der Waals surface area contributed by atoms with Crippen LogP contribution >= 0.6 is 11.6 Å². The topological polar surface area (TPSA) is 108 Å². The first-order chi connectivity index (χ1) is 8.99. The minimum absolute atomic E-state index is 0.0336. The Morgan fingerprint density at radius 3 is 2.79 bits per heavy atom. The molecular formula is C11H8ClN3O4. The molecule has 0 atom stereocenters. The van der Waals surface area contributed by atoms with E-state index in [4.69, 9.17) is 11.6 Å². The summed E-state index contributed by atoms with van der Waals surface area (Å²) < 4.78 is 0. The molecule has 19 heavy (non-hydrogen) atoms. The third-order valence-electron chi connectivity index (χ3n) is 2.34. The van der Waals surface area contributed by atoms with Gasteiger partial charge in [-0.1, -0.05) is 11.6 Å². The monoisotopic (exact) mass is 281 g/mol. The largest absolute Gasteiger partial charge is 0.501 e. The van der Waals surface area contributed by atoms with Crippen LogP contribution in [0.4, 0.5) is 11.4 Å². The van der Waals surface area contributed by atoms with Gasteiger partial charge >= 0.3 is 5.69 Å². The van der Waals surface area contributed by atoms with E-state index in [1.165, 1.54) is 12.1 Å². The number of carbonyl (C=O) groups is 1. The first-order valence-corrected chi connectivity index (χ1v) is 5.48. The smallest absolute Gasteiger partial charge is 0.314 e. The molecule has 98 valence electrons. The third-order valence-corrected chi connectivity index (χ3v) is 2.56. The molecule has 0 aliphatic carbocycles. The molecule has 1 amide bonds. The molecule has 0 saturated carbocycles. The quantitative estimate of drug-likeness (QED) is 0.456. The Kier molecular flexibility index (Phi) is 3.39. The van der Waals surface area contributed by atoms with Gasteiger partial charge < -0.3 is 15.4 Å². The lowest BCUT2D eigenvalue weighted by molar-refractivity contribution is -0.385. The molecule has 0 saturated heterocycles. The van der Waals surface area contributed by atoms with Gasteiger partial charge in [0.2, 0.25) is 5.75 Å². The van der Waals surface area contributed by atoms with Gasteiger partial charge in [-0.15, -0.1) is 0 Å². The van der Waals surface area contributed by atoms with Gasteiger partial charge in [-0.3, -0.25) is 14.9 Å². The maximum atomic E-state index is 11.8. The Morgan fingerprint density at radius 2 is 2.21 bits per heavy atom. The number of nitro groups is 1. The van der Waals surface area contributed by atoms with E-state index in [2.05, 4.69) is 10.3 Å². The molecule has 2 aromatic rings. The fourth-order valence-electron chi connectivity index (χ4n) is 1.48. The summed E-state index contributed by atoms with van der Waals surface area (Å²) in [4.78, 5) is 24.3. The third kappa shape index (κ3) is 2.66. The van der Waals surface area contributed by atoms with Crippen molar-refractivity contribution in [2.24, 2.45) is 0 Å². The number of nitrogens with one attached hydrogen (secondary N) is 2. The van der Waals surface area contributed by atoms with Gasteiger partial charge in [0.05, 0.1) is 10.6 Å². The number of rotatable bonds is 3. The van der Waals surface area contributed by atoms with E-state index in [9.17, 15) is 20.0 Å². The summed E-state index contributed by atoms with van der Waals surface area (Å²) in [5, 5.41) is 22.8. The van der Waals surface area contributed by atoms with E-state index in [-0.39, 0.29) is 16.4 Å². The standard InChI is InChI=1S/C11H8ClN3O4/c12-6-4-8(10(16)9(5-6)15(18)19)14-11(17)7-2-1-3-13-7/h1-5,13,16H,(H,14,17). The molecule has 0 fully saturated rings. The number of carbonyl (C=O) groups excluding carboxylic acids is 1. The minimum Gasteiger partial charge on any atom is -0.501 e. The molecule has 1 aromatic heterocycles. The zero-order valence-electron chi connectivity index (χ0n) is 9.38. The number of aromatic nitrogens is 1. The maximum absolute atomic E-state index is 11.8. The van der Waals surface area contributed by atoms with Gasteiger partial charge in [-0.05, 0) is 18.2 Å². The fourth-order valence-corrected chi connectivity index (χ4v) is 1.69. The van der Waals surface area contributed by atoms with Crippen molar-refractivity contribution >= 4 is 28.9 Å². The lowest BCUT2D eigenvalue weighted by Crippen LogP contribution is -2.12. The number of nitrogens with zero attached hydrogens (tertiary/aromatic N) is 1. The first kappa shape index (κ1) is 12.9. The zero-order valence-corrected chi connectivity index (χ0v) is 10.1. The van der Waals surface area contributed by atoms with Crippen molar-refractivity contribution in [1.82, 2.24) is 4.98 Å². The normalized spacial score (nSPS) is 10.2. The summed E-state index contributed by atoms with van der Waals surface area (Å²) in [5.41, 5.74) is -0.449. The summed E-state index contributed by atoms with van der Waals surface area (Å²) in [6.45, 7) is 0. The molecule has 0 spiro atoms. The summed E-state index contributed by atoms with van der Waals surface area (Å²) >= 11 is 5.70. The van der Waals surface area contributed by atoms with Gasteiger partial charge in [-0.25, -0.2) is 0 Å². The van der Waals surface area contributed by atoms with Crippen LogP contribution in [0, 0.1) is 10.1 Å². The maximum Gasteiger partial charge on any atom is 0.314 e. The average Bonchev–Trinajstić information content (AvgIpc) is 2.86. The van der Waals surface area contributed by atoms with E-state index in [1.54, 1.807) is 12.3 Å². The molecule has 0 aliphatic heterocycles. The Bertz CT molecular complexity index is 640. The molecule has 1 aromatic carbocycles. The van der Waals surface area contributed by atoms with Crippen molar-refractivity contribution in [3.05, 3.63) is 51.3 Å². The van der Waals surface area contributed by atoms with Crippen LogP contribution in [0.1, 0.15) is 10.5 Å². The average molecular weight is 282 g/mol. The van der Waals surface area contributed by atoms with Crippen molar-refractivity contribution in [1.29, 1.82) is 0 Å². The predicted molar refractivity (Wildman–Crippen MR) is 68.5 cm³/mol. The molecule has 0 radical (unpaired) electrons. The summed E-state index contributed by atoms with van der Waals surface area (Å²) in [6, 6.07) is 5.37. The highest BCUT2D eigenvalue weighted by atomic mass is 35.5. The molecule has 2 rings (SSSR count). The Labute approximate surface area is 112 Å². The highest BCUT2D eigenvalue weighted by Crippen LogP contribution is 2.37. The summed E-state index contributed by atoms with van der Waals surface area (Å²) in [7, 11) is 0. The number of H-pyrrole nitrogens is 1. The number of aromatic hydroxyl groups is 1. The molecule has 0 aliphatic rings. The van der Waals surface area contributed by atoms with Crippen LogP contribution in [0.25, 0.3) is 0 Å². The number of amides is 1. The Morgan fingerprint density at radius 1 is 1.47 bits per heavy atom. The Balaban J connectivity index is 2.35. The van der Waals surface area contributed by atoms with Crippen LogP contribution in [-0.4, -0.2) is 20.9 Å². The van der Waals surface area contributed by atoms with Crippen LogP contribution in [0.5, 0.6) is 5.75 Å². The van der Waals surface area contributed by atoms with E-state index in [0.717, 1.165) is 6.07 Å². The molecule has 0 bridgehead atoms. The van der Waals surface area contributed by atoms with Crippen molar-refractivity contribution in [2.75, 3.05) is 5.32 Å². The van der Waals surface area contributed by atoms with Crippen molar-refractivity contribution in [3.63, 3.8) is 0 Å². The summed E-state index contributed by atoms with van der Waals surface area (Å²) in [6.07, 6.45) is 1.55.